The second-order valence-electron chi connectivity index (χ2n) is 5.35. The van der Waals surface area contributed by atoms with Gasteiger partial charge in [-0.1, -0.05) is 39.0 Å². The molecule has 0 aromatic heterocycles. The third kappa shape index (κ3) is 3.29. The van der Waals surface area contributed by atoms with Crippen LogP contribution in [-0.2, 0) is 11.2 Å². The number of carboxylic acids is 1. The number of benzene rings is 1. The van der Waals surface area contributed by atoms with E-state index < -0.39 is 22.2 Å². The predicted octanol–water partition coefficient (Wildman–Crippen LogP) is 2.88. The summed E-state index contributed by atoms with van der Waals surface area (Å²) in [5.74, 6) is -1.58. The first-order valence-corrected chi connectivity index (χ1v) is 5.68. The minimum atomic E-state index is -0.930. The van der Waals surface area contributed by atoms with Crippen LogP contribution in [0.2, 0.25) is 0 Å². The van der Waals surface area contributed by atoms with E-state index in [2.05, 4.69) is 0 Å². The van der Waals surface area contributed by atoms with E-state index in [1.807, 2.05) is 20.8 Å². The molecule has 0 bridgehead atoms. The second-order valence-corrected chi connectivity index (χ2v) is 5.35. The van der Waals surface area contributed by atoms with E-state index in [4.69, 9.17) is 0 Å². The Morgan fingerprint density at radius 2 is 1.94 bits per heavy atom. The maximum Gasteiger partial charge on any atom is 0.307 e. The molecule has 0 radical (unpaired) electrons. The van der Waals surface area contributed by atoms with Crippen molar-refractivity contribution in [1.82, 2.24) is 0 Å². The highest BCUT2D eigenvalue weighted by Crippen LogP contribution is 2.31. The molecule has 0 aliphatic carbocycles. The average Bonchev–Trinajstić information content (AvgIpc) is 2.24. The first-order valence-electron chi connectivity index (χ1n) is 5.68. The fourth-order valence-electron chi connectivity index (χ4n) is 1.85. The van der Waals surface area contributed by atoms with Gasteiger partial charge in [-0.05, 0) is 11.8 Å². The van der Waals surface area contributed by atoms with Gasteiger partial charge >= 0.3 is 5.97 Å². The van der Waals surface area contributed by atoms with Crippen LogP contribution >= 0.6 is 0 Å². The molecule has 1 N–H and O–H groups in total. The van der Waals surface area contributed by atoms with Crippen LogP contribution in [0.25, 0.3) is 0 Å². The van der Waals surface area contributed by atoms with E-state index in [1.54, 1.807) is 18.2 Å². The van der Waals surface area contributed by atoms with Crippen molar-refractivity contribution in [2.75, 3.05) is 0 Å². The molecule has 98 valence electrons. The molecule has 0 aliphatic heterocycles. The van der Waals surface area contributed by atoms with Crippen LogP contribution in [0.1, 0.15) is 26.3 Å². The van der Waals surface area contributed by atoms with Crippen molar-refractivity contribution in [3.63, 3.8) is 0 Å². The highest BCUT2D eigenvalue weighted by atomic mass is 16.6. The Bertz CT molecular complexity index is 462. The average molecular weight is 251 g/mol. The number of aliphatic carboxylic acids is 1. The molecule has 1 aromatic carbocycles. The number of hydrogen-bond donors (Lipinski definition) is 1. The molecule has 0 heterocycles. The Labute approximate surface area is 106 Å². The molecular formula is C13H17NO4. The van der Waals surface area contributed by atoms with Crippen molar-refractivity contribution in [1.29, 1.82) is 0 Å². The fraction of sp³-hybridized carbons (Fsp3) is 0.462. The SMILES string of the molecule is CC(C)(C)C(Cc1ccccc1[N+](=O)[O-])C(=O)O. The van der Waals surface area contributed by atoms with E-state index in [1.165, 1.54) is 6.07 Å². The van der Waals surface area contributed by atoms with Gasteiger partial charge in [0, 0.05) is 11.6 Å². The van der Waals surface area contributed by atoms with Crippen molar-refractivity contribution in [2.45, 2.75) is 27.2 Å². The number of carbonyl (C=O) groups is 1. The number of nitro groups is 1. The highest BCUT2D eigenvalue weighted by Gasteiger charge is 2.32. The molecule has 1 unspecified atom stereocenters. The molecule has 0 saturated heterocycles. The number of nitrogens with zero attached hydrogens (tertiary/aromatic N) is 1. The van der Waals surface area contributed by atoms with Gasteiger partial charge in [0.25, 0.3) is 5.69 Å². The lowest BCUT2D eigenvalue weighted by molar-refractivity contribution is -0.385. The molecule has 0 saturated carbocycles. The predicted molar refractivity (Wildman–Crippen MR) is 67.4 cm³/mol. The number of hydrogen-bond acceptors (Lipinski definition) is 3. The van der Waals surface area contributed by atoms with E-state index >= 15 is 0 Å². The van der Waals surface area contributed by atoms with Gasteiger partial charge in [0.2, 0.25) is 0 Å². The Balaban J connectivity index is 3.09. The lowest BCUT2D eigenvalue weighted by Gasteiger charge is -2.26. The van der Waals surface area contributed by atoms with Gasteiger partial charge in [-0.25, -0.2) is 0 Å². The van der Waals surface area contributed by atoms with Crippen molar-refractivity contribution in [2.24, 2.45) is 11.3 Å². The molecule has 0 spiro atoms. The topological polar surface area (TPSA) is 80.4 Å². The van der Waals surface area contributed by atoms with Crippen LogP contribution < -0.4 is 0 Å². The monoisotopic (exact) mass is 251 g/mol. The largest absolute Gasteiger partial charge is 0.481 e. The number of rotatable bonds is 4. The molecule has 5 heteroatoms. The quantitative estimate of drug-likeness (QED) is 0.659. The van der Waals surface area contributed by atoms with Crippen molar-refractivity contribution < 1.29 is 14.8 Å². The second kappa shape index (κ2) is 5.16. The maximum atomic E-state index is 11.3. The van der Waals surface area contributed by atoms with Gasteiger partial charge in [-0.3, -0.25) is 14.9 Å². The summed E-state index contributed by atoms with van der Waals surface area (Å²) in [4.78, 5) is 21.7. The Morgan fingerprint density at radius 1 is 1.39 bits per heavy atom. The van der Waals surface area contributed by atoms with E-state index in [0.29, 0.717) is 5.56 Å². The molecule has 1 atom stereocenters. The molecule has 1 rings (SSSR count). The third-order valence-electron chi connectivity index (χ3n) is 2.96. The summed E-state index contributed by atoms with van der Waals surface area (Å²) in [7, 11) is 0. The fourth-order valence-corrected chi connectivity index (χ4v) is 1.85. The van der Waals surface area contributed by atoms with Crippen LogP contribution in [0, 0.1) is 21.4 Å². The number of para-hydroxylation sites is 1. The Hall–Kier alpha value is -1.91. The van der Waals surface area contributed by atoms with Crippen molar-refractivity contribution >= 4 is 11.7 Å². The zero-order valence-corrected chi connectivity index (χ0v) is 10.7. The zero-order valence-electron chi connectivity index (χ0n) is 10.7. The lowest BCUT2D eigenvalue weighted by Crippen LogP contribution is -2.30. The Morgan fingerprint density at radius 3 is 2.39 bits per heavy atom. The normalized spacial score (nSPS) is 13.1. The molecule has 5 nitrogen and oxygen atoms in total. The molecule has 0 aliphatic rings. The van der Waals surface area contributed by atoms with Gasteiger partial charge < -0.3 is 5.11 Å². The summed E-state index contributed by atoms with van der Waals surface area (Å²) < 4.78 is 0. The number of nitro benzene ring substituents is 1. The lowest BCUT2D eigenvalue weighted by atomic mass is 9.77. The maximum absolute atomic E-state index is 11.3. The molecule has 0 amide bonds. The van der Waals surface area contributed by atoms with Crippen LogP contribution in [0.5, 0.6) is 0 Å². The first-order chi connectivity index (χ1) is 8.23. The summed E-state index contributed by atoms with van der Waals surface area (Å²) in [5.41, 5.74) is -0.00644. The van der Waals surface area contributed by atoms with Gasteiger partial charge in [0.05, 0.1) is 10.8 Å². The van der Waals surface area contributed by atoms with Crippen molar-refractivity contribution in [3.8, 4) is 0 Å². The van der Waals surface area contributed by atoms with Gasteiger partial charge in [-0.2, -0.15) is 0 Å². The summed E-state index contributed by atoms with van der Waals surface area (Å²) in [6, 6.07) is 6.27. The van der Waals surface area contributed by atoms with Gasteiger partial charge in [-0.15, -0.1) is 0 Å². The molecular weight excluding hydrogens is 234 g/mol. The summed E-state index contributed by atoms with van der Waals surface area (Å²) >= 11 is 0. The van der Waals surface area contributed by atoms with Crippen LogP contribution in [-0.4, -0.2) is 16.0 Å². The minimum absolute atomic E-state index is 0.0204. The number of carboxylic acid groups (broad SMARTS) is 1. The molecule has 0 fully saturated rings. The first kappa shape index (κ1) is 14.2. The van der Waals surface area contributed by atoms with Gasteiger partial charge in [0.1, 0.15) is 0 Å². The summed E-state index contributed by atoms with van der Waals surface area (Å²) in [5, 5.41) is 20.1. The summed E-state index contributed by atoms with van der Waals surface area (Å²) in [6.45, 7) is 5.46. The van der Waals surface area contributed by atoms with Crippen LogP contribution in [0.3, 0.4) is 0 Å². The molecule has 18 heavy (non-hydrogen) atoms. The van der Waals surface area contributed by atoms with Crippen molar-refractivity contribution in [3.05, 3.63) is 39.9 Å². The Kier molecular flexibility index (Phi) is 4.06. The summed E-state index contributed by atoms with van der Waals surface area (Å²) in [6.07, 6.45) is 0.163. The highest BCUT2D eigenvalue weighted by molar-refractivity contribution is 5.71. The smallest absolute Gasteiger partial charge is 0.307 e. The van der Waals surface area contributed by atoms with Crippen LogP contribution in [0.15, 0.2) is 24.3 Å². The third-order valence-corrected chi connectivity index (χ3v) is 2.96. The van der Waals surface area contributed by atoms with Gasteiger partial charge in [0.15, 0.2) is 0 Å². The molecule has 1 aromatic rings. The van der Waals surface area contributed by atoms with E-state index in [-0.39, 0.29) is 12.1 Å². The minimum Gasteiger partial charge on any atom is -0.481 e. The standard InChI is InChI=1S/C13H17NO4/c1-13(2,3)10(12(15)16)8-9-6-4-5-7-11(9)14(17)18/h4-7,10H,8H2,1-3H3,(H,15,16). The zero-order chi connectivity index (χ0) is 13.9. The van der Waals surface area contributed by atoms with E-state index in [9.17, 15) is 20.0 Å². The van der Waals surface area contributed by atoms with Crippen LogP contribution in [0.4, 0.5) is 5.69 Å². The van der Waals surface area contributed by atoms with E-state index in [0.717, 1.165) is 0 Å².